The number of halogens is 11. The van der Waals surface area contributed by atoms with Crippen molar-refractivity contribution in [3.05, 3.63) is 0 Å². The topological polar surface area (TPSA) is 84.5 Å². The molecule has 1 N–H and O–H groups in total. The lowest BCUT2D eigenvalue weighted by atomic mass is 10.5. The predicted molar refractivity (Wildman–Crippen MR) is 73.7 cm³/mol. The third-order valence-electron chi connectivity index (χ3n) is 2.99. The highest BCUT2D eigenvalue weighted by Crippen LogP contribution is 2.44. The highest BCUT2D eigenvalue weighted by atomic mass is 28.4. The molecule has 31 heavy (non-hydrogen) atoms. The van der Waals surface area contributed by atoms with E-state index in [1.807, 2.05) is 4.74 Å². The second-order valence-corrected chi connectivity index (χ2v) is 8.16. The maximum absolute atomic E-state index is 13.4. The van der Waals surface area contributed by atoms with Gasteiger partial charge in [0.05, 0.1) is 0 Å². The lowest BCUT2D eigenvalue weighted by Gasteiger charge is -2.30. The summed E-state index contributed by atoms with van der Waals surface area (Å²) >= 11 is 0. The number of rotatable bonds is 13. The molecule has 0 aromatic rings. The van der Waals surface area contributed by atoms with E-state index in [4.69, 9.17) is 13.3 Å². The molecule has 0 atom stereocenters. The van der Waals surface area contributed by atoms with E-state index >= 15 is 0 Å². The normalized spacial score (nSPS) is 14.6. The number of carbonyl (C=O) groups is 1. The van der Waals surface area contributed by atoms with E-state index in [-0.39, 0.29) is 0 Å². The molecule has 0 fully saturated rings. The standard InChI is InChI=1S/C11H14F11NO7Si/c1-25-31(26-2,27-3)5-4-23-6(24)7(12,13)28-11(21,22)30-9(16,17)8(14,15)29-10(18,19)20/h4-5H2,1-3H3,(H,23,24). The molecule has 186 valence electrons. The second kappa shape index (κ2) is 10.1. The van der Waals surface area contributed by atoms with Gasteiger partial charge in [0, 0.05) is 33.9 Å². The summed E-state index contributed by atoms with van der Waals surface area (Å²) in [5, 5.41) is 1.31. The zero-order chi connectivity index (χ0) is 24.9. The van der Waals surface area contributed by atoms with E-state index in [2.05, 4.69) is 4.74 Å². The van der Waals surface area contributed by atoms with Crippen LogP contribution in [0.1, 0.15) is 0 Å². The van der Waals surface area contributed by atoms with Gasteiger partial charge < -0.3 is 18.6 Å². The van der Waals surface area contributed by atoms with Crippen LogP contribution in [0.3, 0.4) is 0 Å². The van der Waals surface area contributed by atoms with Crippen LogP contribution in [0.2, 0.25) is 6.04 Å². The molecule has 20 heteroatoms. The third kappa shape index (κ3) is 8.98. The van der Waals surface area contributed by atoms with Crippen molar-refractivity contribution in [2.24, 2.45) is 0 Å². The number of alkyl halides is 11. The van der Waals surface area contributed by atoms with Gasteiger partial charge in [0.2, 0.25) is 0 Å². The molecule has 0 bridgehead atoms. The van der Waals surface area contributed by atoms with Crippen molar-refractivity contribution in [1.82, 2.24) is 5.32 Å². The fourth-order valence-corrected chi connectivity index (χ4v) is 3.16. The molecular formula is C11H14F11NO7Si. The van der Waals surface area contributed by atoms with Crippen molar-refractivity contribution in [2.45, 2.75) is 37.0 Å². The first-order valence-corrected chi connectivity index (χ1v) is 9.23. The summed E-state index contributed by atoms with van der Waals surface area (Å²) in [6.45, 7) is -0.778. The molecule has 0 spiro atoms. The van der Waals surface area contributed by atoms with Crippen LogP contribution in [-0.2, 0) is 32.3 Å². The quantitative estimate of drug-likeness (QED) is 0.232. The number of carbonyl (C=O) groups excluding carboxylic acids is 1. The van der Waals surface area contributed by atoms with Gasteiger partial charge in [-0.25, -0.2) is 14.2 Å². The van der Waals surface area contributed by atoms with Crippen LogP contribution in [0.5, 0.6) is 0 Å². The Morgan fingerprint density at radius 3 is 1.55 bits per heavy atom. The van der Waals surface area contributed by atoms with E-state index < -0.39 is 58.3 Å². The Bertz CT molecular complexity index is 593. The van der Waals surface area contributed by atoms with E-state index in [1.165, 1.54) is 5.32 Å². The molecule has 0 saturated carbocycles. The van der Waals surface area contributed by atoms with E-state index in [0.29, 0.717) is 0 Å². The van der Waals surface area contributed by atoms with Crippen molar-refractivity contribution in [3.63, 3.8) is 0 Å². The molecule has 0 aromatic heterocycles. The van der Waals surface area contributed by atoms with E-state index in [0.717, 1.165) is 21.3 Å². The van der Waals surface area contributed by atoms with E-state index in [1.54, 1.807) is 4.74 Å². The monoisotopic (exact) mass is 509 g/mol. The lowest BCUT2D eigenvalue weighted by Crippen LogP contribution is -2.54. The van der Waals surface area contributed by atoms with Crippen molar-refractivity contribution < 1.29 is 80.6 Å². The fraction of sp³-hybridized carbons (Fsp3) is 0.909. The lowest BCUT2D eigenvalue weighted by molar-refractivity contribution is -0.568. The van der Waals surface area contributed by atoms with Crippen molar-refractivity contribution in [2.75, 3.05) is 27.9 Å². The molecule has 0 aliphatic carbocycles. The summed E-state index contributed by atoms with van der Waals surface area (Å²) in [5.74, 6) is -2.69. The molecule has 0 rings (SSSR count). The molecule has 8 nitrogen and oxygen atoms in total. The van der Waals surface area contributed by atoms with Crippen LogP contribution >= 0.6 is 0 Å². The Labute approximate surface area is 166 Å². The third-order valence-corrected chi connectivity index (χ3v) is 5.72. The van der Waals surface area contributed by atoms with Crippen molar-refractivity contribution in [3.8, 4) is 0 Å². The summed E-state index contributed by atoms with van der Waals surface area (Å²) in [7, 11) is -0.147. The summed E-state index contributed by atoms with van der Waals surface area (Å²) in [6.07, 6.45) is -32.2. The van der Waals surface area contributed by atoms with Gasteiger partial charge >= 0.3 is 45.7 Å². The number of ether oxygens (including phenoxy) is 3. The van der Waals surface area contributed by atoms with Gasteiger partial charge in [-0.3, -0.25) is 4.79 Å². The Balaban J connectivity index is 5.15. The van der Waals surface area contributed by atoms with Crippen molar-refractivity contribution >= 4 is 14.7 Å². The fourth-order valence-electron chi connectivity index (χ4n) is 1.62. The number of amides is 1. The molecule has 0 aliphatic heterocycles. The summed E-state index contributed by atoms with van der Waals surface area (Å²) in [6, 6.07) is -0.399. The Morgan fingerprint density at radius 2 is 1.16 bits per heavy atom. The summed E-state index contributed by atoms with van der Waals surface area (Å²) in [5.41, 5.74) is 0. The minimum absolute atomic E-state index is 0.399. The van der Waals surface area contributed by atoms with Gasteiger partial charge in [-0.1, -0.05) is 0 Å². The van der Waals surface area contributed by atoms with E-state index in [9.17, 15) is 53.1 Å². The predicted octanol–water partition coefficient (Wildman–Crippen LogP) is 2.88. The number of hydrogen-bond donors (Lipinski definition) is 1. The van der Waals surface area contributed by atoms with Gasteiger partial charge in [-0.2, -0.15) is 26.3 Å². The maximum atomic E-state index is 13.4. The van der Waals surface area contributed by atoms with Gasteiger partial charge in [0.1, 0.15) is 0 Å². The summed E-state index contributed by atoms with van der Waals surface area (Å²) < 4.78 is 160. The molecule has 0 aliphatic rings. The molecule has 0 unspecified atom stereocenters. The minimum atomic E-state index is -6.83. The SMILES string of the molecule is CO[Si](CCNC(=O)C(F)(F)OC(F)(F)OC(F)(F)C(F)(F)OC(F)(F)F)(OC)OC. The molecule has 0 radical (unpaired) electrons. The first-order valence-electron chi connectivity index (χ1n) is 7.30. The van der Waals surface area contributed by atoms with Gasteiger partial charge in [0.25, 0.3) is 0 Å². The van der Waals surface area contributed by atoms with Crippen LogP contribution in [0.25, 0.3) is 0 Å². The average Bonchev–Trinajstić information content (AvgIpc) is 2.54. The molecule has 0 aromatic carbocycles. The minimum Gasteiger partial charge on any atom is -0.377 e. The van der Waals surface area contributed by atoms with Gasteiger partial charge in [-0.05, 0) is 0 Å². The second-order valence-electron chi connectivity index (χ2n) is 5.07. The van der Waals surface area contributed by atoms with Crippen LogP contribution in [-0.4, -0.2) is 73.6 Å². The van der Waals surface area contributed by atoms with Crippen LogP contribution in [0.4, 0.5) is 48.3 Å². The highest BCUT2D eigenvalue weighted by Gasteiger charge is 2.69. The zero-order valence-electron chi connectivity index (χ0n) is 15.4. The average molecular weight is 509 g/mol. The highest BCUT2D eigenvalue weighted by molar-refractivity contribution is 6.60. The van der Waals surface area contributed by atoms with Crippen molar-refractivity contribution in [1.29, 1.82) is 0 Å². The van der Waals surface area contributed by atoms with Gasteiger partial charge in [0.15, 0.2) is 0 Å². The van der Waals surface area contributed by atoms with Crippen LogP contribution < -0.4 is 5.32 Å². The molecule has 0 heterocycles. The molecule has 0 saturated heterocycles. The van der Waals surface area contributed by atoms with Crippen LogP contribution in [0.15, 0.2) is 0 Å². The smallest absolute Gasteiger partial charge is 0.377 e. The first kappa shape index (κ1) is 29.7. The Morgan fingerprint density at radius 1 is 0.742 bits per heavy atom. The number of nitrogens with one attached hydrogen (secondary N) is 1. The Kier molecular flexibility index (Phi) is 9.65. The zero-order valence-corrected chi connectivity index (χ0v) is 16.4. The Hall–Kier alpha value is -1.32. The largest absolute Gasteiger partial charge is 0.527 e. The summed E-state index contributed by atoms with van der Waals surface area (Å²) in [4.78, 5) is 11.3. The van der Waals surface area contributed by atoms with Gasteiger partial charge in [-0.15, -0.1) is 22.0 Å². The molecular weight excluding hydrogens is 495 g/mol. The first-order chi connectivity index (χ1) is 13.7. The number of hydrogen-bond acceptors (Lipinski definition) is 7. The molecule has 1 amide bonds. The van der Waals surface area contributed by atoms with Crippen LogP contribution in [0, 0.1) is 0 Å². The maximum Gasteiger partial charge on any atom is 0.527 e.